The van der Waals surface area contributed by atoms with Gasteiger partial charge in [0.2, 0.25) is 17.4 Å². The molecule has 0 aliphatic rings. The van der Waals surface area contributed by atoms with Crippen LogP contribution in [0.3, 0.4) is 0 Å². The molecule has 0 radical (unpaired) electrons. The Morgan fingerprint density at radius 3 is 1.14 bits per heavy atom. The van der Waals surface area contributed by atoms with Gasteiger partial charge in [-0.05, 0) is 97.8 Å². The lowest BCUT2D eigenvalue weighted by molar-refractivity contribution is -0.173. The van der Waals surface area contributed by atoms with E-state index < -0.39 is 103 Å². The Kier molecular flexibility index (Phi) is 11.3. The fraction of sp³-hybridized carbons (Fsp3) is 0.116. The van der Waals surface area contributed by atoms with Gasteiger partial charge in [-0.25, -0.2) is 26.3 Å². The minimum absolute atomic E-state index is 0.000839. The molecule has 1 unspecified atom stereocenters. The first-order valence-corrected chi connectivity index (χ1v) is 17.0. The molecule has 16 heteroatoms. The van der Waals surface area contributed by atoms with E-state index in [-0.39, 0.29) is 28.2 Å². The molecule has 59 heavy (non-hydrogen) atoms. The van der Waals surface area contributed by atoms with Crippen LogP contribution in [-0.4, -0.2) is 24.9 Å². The van der Waals surface area contributed by atoms with Crippen LogP contribution in [-0.2, 0) is 5.41 Å². The molecule has 0 heterocycles. The number of carbonyl (C=O) groups is 2. The van der Waals surface area contributed by atoms with Gasteiger partial charge in [0.05, 0.1) is 7.11 Å². The highest BCUT2D eigenvalue weighted by atomic mass is 19.4. The normalized spacial score (nSPS) is 12.5. The lowest BCUT2D eigenvalue weighted by atomic mass is 9.75. The standard InChI is InChI=1S/C43H25F11O5/c1-20-31(44)33(46)29(34(47)32(20)45)39(55)21-4-12-26(13-5-21)58-27-14-6-22(7-15-27)40(56)30-35(48)37(50)41(38(51)36(30)49)59-28-18-10-24(11-19-28)42(2,43(52,53)54)23-8-16-25(57-3)17-9-23/h4-19H,1-3H3. The second kappa shape index (κ2) is 15.9. The molecule has 6 aromatic rings. The number of halogens is 11. The summed E-state index contributed by atoms with van der Waals surface area (Å²) in [6, 6.07) is 17.4. The zero-order valence-electron chi connectivity index (χ0n) is 30.4. The van der Waals surface area contributed by atoms with Crippen molar-refractivity contribution < 1.29 is 72.1 Å². The zero-order chi connectivity index (χ0) is 43.1. The van der Waals surface area contributed by atoms with Crippen LogP contribution in [0, 0.1) is 53.5 Å². The number of alkyl halides is 3. The Morgan fingerprint density at radius 1 is 0.458 bits per heavy atom. The number of hydrogen-bond acceptors (Lipinski definition) is 5. The number of benzene rings is 6. The Bertz CT molecular complexity index is 2530. The smallest absolute Gasteiger partial charge is 0.402 e. The van der Waals surface area contributed by atoms with Crippen molar-refractivity contribution in [3.05, 3.63) is 183 Å². The Labute approximate surface area is 327 Å². The molecule has 0 bridgehead atoms. The second-order valence-corrected chi connectivity index (χ2v) is 13.0. The highest BCUT2D eigenvalue weighted by molar-refractivity contribution is 6.10. The molecule has 0 N–H and O–H groups in total. The average Bonchev–Trinajstić information content (AvgIpc) is 3.23. The molecular formula is C43H25F11O5. The first-order chi connectivity index (χ1) is 27.8. The number of hydrogen-bond donors (Lipinski definition) is 0. The molecular weight excluding hydrogens is 805 g/mol. The quantitative estimate of drug-likeness (QED) is 0.0739. The monoisotopic (exact) mass is 830 g/mol. The summed E-state index contributed by atoms with van der Waals surface area (Å²) >= 11 is 0. The van der Waals surface area contributed by atoms with Crippen molar-refractivity contribution in [1.82, 2.24) is 0 Å². The maximum Gasteiger partial charge on any atom is 0.402 e. The van der Waals surface area contributed by atoms with E-state index in [1.54, 1.807) is 0 Å². The lowest BCUT2D eigenvalue weighted by Gasteiger charge is -2.33. The Hall–Kier alpha value is -6.71. The van der Waals surface area contributed by atoms with Crippen LogP contribution in [0.1, 0.15) is 55.5 Å². The molecule has 0 saturated heterocycles. The lowest BCUT2D eigenvalue weighted by Crippen LogP contribution is -2.40. The Balaban J connectivity index is 1.18. The van der Waals surface area contributed by atoms with Crippen LogP contribution in [0.4, 0.5) is 48.3 Å². The maximum absolute atomic E-state index is 15.3. The summed E-state index contributed by atoms with van der Waals surface area (Å²) in [7, 11) is 1.34. The van der Waals surface area contributed by atoms with Gasteiger partial charge < -0.3 is 14.2 Å². The summed E-state index contributed by atoms with van der Waals surface area (Å²) in [5.41, 5.74) is -7.91. The summed E-state index contributed by atoms with van der Waals surface area (Å²) in [5, 5.41) is 0. The zero-order valence-corrected chi connectivity index (χ0v) is 30.4. The topological polar surface area (TPSA) is 61.8 Å². The molecule has 0 aliphatic carbocycles. The maximum atomic E-state index is 15.3. The van der Waals surface area contributed by atoms with Crippen LogP contribution in [0.5, 0.6) is 28.7 Å². The fourth-order valence-corrected chi connectivity index (χ4v) is 6.01. The molecule has 0 spiro atoms. The second-order valence-electron chi connectivity index (χ2n) is 13.0. The van der Waals surface area contributed by atoms with Crippen molar-refractivity contribution in [2.45, 2.75) is 25.4 Å². The van der Waals surface area contributed by atoms with Gasteiger partial charge in [0, 0.05) is 16.7 Å². The number of ether oxygens (including phenoxy) is 3. The third-order valence-corrected chi connectivity index (χ3v) is 9.51. The number of methoxy groups -OCH3 is 1. The van der Waals surface area contributed by atoms with E-state index in [2.05, 4.69) is 0 Å². The first-order valence-electron chi connectivity index (χ1n) is 17.0. The van der Waals surface area contributed by atoms with E-state index >= 15 is 17.6 Å². The highest BCUT2D eigenvalue weighted by Crippen LogP contribution is 2.47. The third kappa shape index (κ3) is 7.57. The van der Waals surface area contributed by atoms with E-state index in [9.17, 15) is 40.3 Å². The first kappa shape index (κ1) is 41.9. The predicted octanol–water partition coefficient (Wildman–Crippen LogP) is 12.0. The van der Waals surface area contributed by atoms with Crippen molar-refractivity contribution in [2.75, 3.05) is 7.11 Å². The molecule has 0 amide bonds. The van der Waals surface area contributed by atoms with E-state index in [1.807, 2.05) is 0 Å². The third-order valence-electron chi connectivity index (χ3n) is 9.51. The number of ketones is 2. The van der Waals surface area contributed by atoms with E-state index in [0.29, 0.717) is 5.75 Å². The van der Waals surface area contributed by atoms with Crippen molar-refractivity contribution >= 4 is 11.6 Å². The van der Waals surface area contributed by atoms with Crippen LogP contribution < -0.4 is 14.2 Å². The van der Waals surface area contributed by atoms with Gasteiger partial charge in [0.15, 0.2) is 46.5 Å². The average molecular weight is 831 g/mol. The summed E-state index contributed by atoms with van der Waals surface area (Å²) in [6.07, 6.45) is -4.83. The van der Waals surface area contributed by atoms with Crippen molar-refractivity contribution in [3.8, 4) is 28.7 Å². The highest BCUT2D eigenvalue weighted by Gasteiger charge is 2.53. The van der Waals surface area contributed by atoms with Crippen molar-refractivity contribution in [3.63, 3.8) is 0 Å². The molecule has 1 atom stereocenters. The van der Waals surface area contributed by atoms with Gasteiger partial charge in [0.25, 0.3) is 0 Å². The van der Waals surface area contributed by atoms with Crippen molar-refractivity contribution in [1.29, 1.82) is 0 Å². The number of carbonyl (C=O) groups excluding carboxylic acids is 2. The molecule has 0 aliphatic heterocycles. The van der Waals surface area contributed by atoms with Gasteiger partial charge in [0.1, 0.15) is 39.5 Å². The largest absolute Gasteiger partial charge is 0.497 e. The van der Waals surface area contributed by atoms with Gasteiger partial charge in [-0.15, -0.1) is 0 Å². The van der Waals surface area contributed by atoms with Crippen LogP contribution >= 0.6 is 0 Å². The Morgan fingerprint density at radius 2 is 0.780 bits per heavy atom. The van der Waals surface area contributed by atoms with Crippen molar-refractivity contribution in [2.24, 2.45) is 0 Å². The van der Waals surface area contributed by atoms with Crippen LogP contribution in [0.2, 0.25) is 0 Å². The van der Waals surface area contributed by atoms with Crippen LogP contribution in [0.15, 0.2) is 97.1 Å². The summed E-state index contributed by atoms with van der Waals surface area (Å²) in [5.74, 6) is -20.4. The van der Waals surface area contributed by atoms with E-state index in [1.165, 1.54) is 31.4 Å². The van der Waals surface area contributed by atoms with Gasteiger partial charge in [-0.2, -0.15) is 22.0 Å². The fourth-order valence-electron chi connectivity index (χ4n) is 6.01. The van der Waals surface area contributed by atoms with Crippen LogP contribution in [0.25, 0.3) is 0 Å². The minimum Gasteiger partial charge on any atom is -0.497 e. The van der Waals surface area contributed by atoms with Gasteiger partial charge >= 0.3 is 6.18 Å². The predicted molar refractivity (Wildman–Crippen MR) is 189 cm³/mol. The minimum atomic E-state index is -4.83. The molecule has 304 valence electrons. The van der Waals surface area contributed by atoms with Gasteiger partial charge in [-0.1, -0.05) is 24.3 Å². The molecule has 0 aromatic heterocycles. The number of rotatable bonds is 11. The molecule has 5 nitrogen and oxygen atoms in total. The van der Waals surface area contributed by atoms with E-state index in [0.717, 1.165) is 86.6 Å². The molecule has 6 aromatic carbocycles. The molecule has 6 rings (SSSR count). The summed E-state index contributed by atoms with van der Waals surface area (Å²) in [6.45, 7) is 1.71. The van der Waals surface area contributed by atoms with E-state index in [4.69, 9.17) is 14.2 Å². The summed E-state index contributed by atoms with van der Waals surface area (Å²) in [4.78, 5) is 25.8. The SMILES string of the molecule is COc1ccc(C(C)(c2ccc(Oc3c(F)c(F)c(C(=O)c4ccc(Oc5ccc(C(=O)c6c(F)c(F)c(C)c(F)c6F)cc5)cc4)c(F)c3F)cc2)C(F)(F)F)cc1. The van der Waals surface area contributed by atoms with Gasteiger partial charge in [-0.3, -0.25) is 9.59 Å². The summed E-state index contributed by atoms with van der Waals surface area (Å²) < 4.78 is 177. The molecule has 0 fully saturated rings. The molecule has 0 saturated carbocycles.